The molecule has 25 heavy (non-hydrogen) atoms. The molecule has 1 aliphatic carbocycles. The Morgan fingerprint density at radius 2 is 1.96 bits per heavy atom. The quantitative estimate of drug-likeness (QED) is 0.879. The van der Waals surface area contributed by atoms with Crippen molar-refractivity contribution in [1.82, 2.24) is 14.9 Å². The highest BCUT2D eigenvalue weighted by Crippen LogP contribution is 2.53. The fraction of sp³-hybridized carbons (Fsp3) is 0.500. The summed E-state index contributed by atoms with van der Waals surface area (Å²) in [6, 6.07) is 8.65. The average molecular weight is 339 g/mol. The lowest BCUT2D eigenvalue weighted by molar-refractivity contribution is 0.0175. The summed E-state index contributed by atoms with van der Waals surface area (Å²) < 4.78 is 5.62. The number of benzene rings is 1. The van der Waals surface area contributed by atoms with Crippen molar-refractivity contribution in [1.29, 1.82) is 0 Å². The van der Waals surface area contributed by atoms with E-state index in [-0.39, 0.29) is 12.1 Å². The predicted octanol–water partition coefficient (Wildman–Crippen LogP) is 4.46. The summed E-state index contributed by atoms with van der Waals surface area (Å²) in [5, 5.41) is 0. The van der Waals surface area contributed by atoms with Crippen molar-refractivity contribution in [3.05, 3.63) is 41.9 Å². The largest absolute Gasteiger partial charge is 0.444 e. The number of carbonyl (C=O) groups is 1. The Balaban J connectivity index is 1.57. The Bertz CT molecular complexity index is 788. The first kappa shape index (κ1) is 16.2. The highest BCUT2D eigenvalue weighted by molar-refractivity contribution is 5.70. The molecule has 0 radical (unpaired) electrons. The van der Waals surface area contributed by atoms with Gasteiger partial charge in [0.1, 0.15) is 11.4 Å². The van der Waals surface area contributed by atoms with E-state index in [1.54, 1.807) is 0 Å². The molecular weight excluding hydrogens is 314 g/mol. The third kappa shape index (κ3) is 3.15. The Morgan fingerprint density at radius 3 is 2.64 bits per heavy atom. The number of nitrogens with zero attached hydrogens (tertiary/aromatic N) is 2. The highest BCUT2D eigenvalue weighted by Gasteiger charge is 2.56. The standard InChI is InChI=1S/C20H25N3O2/c1-12-5-7-13(8-6-12)15-11-21-18(22-15)17-10-14-9-16(14)23(17)19(24)25-20(2,3)4/h5-8,11,14,16-17H,9-10H2,1-4H3,(H,21,22)/t14-,16-,17+/m1/s1. The van der Waals surface area contributed by atoms with E-state index in [0.717, 1.165) is 29.9 Å². The minimum atomic E-state index is -0.481. The van der Waals surface area contributed by atoms with Crippen molar-refractivity contribution in [3.8, 4) is 11.3 Å². The molecule has 2 heterocycles. The molecule has 4 rings (SSSR count). The van der Waals surface area contributed by atoms with Gasteiger partial charge >= 0.3 is 6.09 Å². The minimum Gasteiger partial charge on any atom is -0.444 e. The zero-order valence-corrected chi connectivity index (χ0v) is 15.2. The lowest BCUT2D eigenvalue weighted by Crippen LogP contribution is -2.38. The first-order chi connectivity index (χ1) is 11.8. The van der Waals surface area contributed by atoms with Crippen LogP contribution in [0.3, 0.4) is 0 Å². The van der Waals surface area contributed by atoms with Crippen LogP contribution in [0.2, 0.25) is 0 Å². The Kier molecular flexibility index (Phi) is 3.63. The van der Waals surface area contributed by atoms with E-state index in [9.17, 15) is 4.79 Å². The van der Waals surface area contributed by atoms with Gasteiger partial charge in [0.25, 0.3) is 0 Å². The number of ether oxygens (including phenoxy) is 1. The lowest BCUT2D eigenvalue weighted by atomic mass is 10.1. The van der Waals surface area contributed by atoms with Crippen molar-refractivity contribution >= 4 is 6.09 Å². The van der Waals surface area contributed by atoms with E-state index >= 15 is 0 Å². The van der Waals surface area contributed by atoms with Gasteiger partial charge < -0.3 is 9.72 Å². The van der Waals surface area contributed by atoms with E-state index in [2.05, 4.69) is 41.2 Å². The van der Waals surface area contributed by atoms with Gasteiger partial charge in [0.05, 0.1) is 17.9 Å². The zero-order valence-electron chi connectivity index (χ0n) is 15.2. The van der Waals surface area contributed by atoms with Crippen molar-refractivity contribution in [2.45, 2.75) is 58.2 Å². The van der Waals surface area contributed by atoms with Crippen LogP contribution in [0.25, 0.3) is 11.3 Å². The molecule has 0 bridgehead atoms. The number of rotatable bonds is 2. The smallest absolute Gasteiger partial charge is 0.411 e. The fourth-order valence-electron chi connectivity index (χ4n) is 3.66. The van der Waals surface area contributed by atoms with Gasteiger partial charge in [-0.1, -0.05) is 29.8 Å². The molecule has 1 saturated heterocycles. The van der Waals surface area contributed by atoms with Crippen molar-refractivity contribution < 1.29 is 9.53 Å². The molecule has 5 heteroatoms. The molecule has 1 aromatic carbocycles. The number of hydrogen-bond acceptors (Lipinski definition) is 3. The number of likely N-dealkylation sites (tertiary alicyclic amines) is 1. The number of aryl methyl sites for hydroxylation is 1. The predicted molar refractivity (Wildman–Crippen MR) is 96.1 cm³/mol. The first-order valence-electron chi connectivity index (χ1n) is 8.95. The topological polar surface area (TPSA) is 58.2 Å². The van der Waals surface area contributed by atoms with Crippen LogP contribution in [0.5, 0.6) is 0 Å². The number of aromatic amines is 1. The number of hydrogen-bond donors (Lipinski definition) is 1. The van der Waals surface area contributed by atoms with Gasteiger partial charge in [-0.3, -0.25) is 4.90 Å². The second-order valence-corrected chi connectivity index (χ2v) is 8.25. The molecule has 1 amide bonds. The summed E-state index contributed by atoms with van der Waals surface area (Å²) in [6.45, 7) is 7.79. The molecule has 2 aliphatic rings. The third-order valence-corrected chi connectivity index (χ3v) is 4.98. The van der Waals surface area contributed by atoms with Gasteiger partial charge in [0.15, 0.2) is 0 Å². The molecule has 5 nitrogen and oxygen atoms in total. The van der Waals surface area contributed by atoms with Gasteiger partial charge in [-0.05, 0) is 52.0 Å². The molecule has 132 valence electrons. The number of fused-ring (bicyclic) bond motifs is 1. The number of H-pyrrole nitrogens is 1. The summed E-state index contributed by atoms with van der Waals surface area (Å²) in [6.07, 6.45) is 3.68. The summed E-state index contributed by atoms with van der Waals surface area (Å²) in [7, 11) is 0. The van der Waals surface area contributed by atoms with Crippen LogP contribution in [-0.4, -0.2) is 32.6 Å². The first-order valence-corrected chi connectivity index (χ1v) is 8.95. The van der Waals surface area contributed by atoms with E-state index in [1.165, 1.54) is 5.56 Å². The molecule has 1 N–H and O–H groups in total. The normalized spacial score (nSPS) is 25.0. The van der Waals surface area contributed by atoms with Crippen LogP contribution in [0.1, 0.15) is 51.0 Å². The number of nitrogens with one attached hydrogen (secondary N) is 1. The van der Waals surface area contributed by atoms with Gasteiger partial charge in [0, 0.05) is 6.04 Å². The zero-order chi connectivity index (χ0) is 17.8. The maximum absolute atomic E-state index is 12.7. The van der Waals surface area contributed by atoms with Crippen LogP contribution >= 0.6 is 0 Å². The average Bonchev–Trinajstić information content (AvgIpc) is 2.97. The summed E-state index contributed by atoms with van der Waals surface area (Å²) in [5.41, 5.74) is 2.84. The molecule has 3 atom stereocenters. The molecule has 1 aliphatic heterocycles. The molecular formula is C20H25N3O2. The maximum atomic E-state index is 12.7. The Labute approximate surface area is 148 Å². The minimum absolute atomic E-state index is 0.0159. The number of piperidine rings is 1. The summed E-state index contributed by atoms with van der Waals surface area (Å²) in [5.74, 6) is 1.44. The second kappa shape index (κ2) is 5.61. The monoisotopic (exact) mass is 339 g/mol. The van der Waals surface area contributed by atoms with E-state index < -0.39 is 5.60 Å². The van der Waals surface area contributed by atoms with E-state index in [0.29, 0.717) is 12.0 Å². The number of imidazole rings is 1. The van der Waals surface area contributed by atoms with Crippen LogP contribution in [0.4, 0.5) is 4.79 Å². The van der Waals surface area contributed by atoms with Crippen LogP contribution in [0.15, 0.2) is 30.5 Å². The number of carbonyl (C=O) groups excluding carboxylic acids is 1. The van der Waals surface area contributed by atoms with Crippen molar-refractivity contribution in [3.63, 3.8) is 0 Å². The fourth-order valence-corrected chi connectivity index (χ4v) is 3.66. The Morgan fingerprint density at radius 1 is 1.24 bits per heavy atom. The number of amides is 1. The molecule has 2 fully saturated rings. The second-order valence-electron chi connectivity index (χ2n) is 8.25. The molecule has 0 unspecified atom stereocenters. The molecule has 2 aromatic rings. The van der Waals surface area contributed by atoms with Gasteiger partial charge in [-0.2, -0.15) is 0 Å². The lowest BCUT2D eigenvalue weighted by Gasteiger charge is -2.29. The third-order valence-electron chi connectivity index (χ3n) is 4.98. The van der Waals surface area contributed by atoms with Crippen LogP contribution in [-0.2, 0) is 4.74 Å². The van der Waals surface area contributed by atoms with Crippen LogP contribution < -0.4 is 0 Å². The van der Waals surface area contributed by atoms with Crippen molar-refractivity contribution in [2.24, 2.45) is 5.92 Å². The summed E-state index contributed by atoms with van der Waals surface area (Å²) in [4.78, 5) is 22.5. The van der Waals surface area contributed by atoms with Gasteiger partial charge in [-0.15, -0.1) is 0 Å². The van der Waals surface area contributed by atoms with Crippen LogP contribution in [0, 0.1) is 12.8 Å². The SMILES string of the molecule is Cc1ccc(-c2cnc([C@@H]3C[C@H]4C[C@H]4N3C(=O)OC(C)(C)C)[nH]2)cc1. The highest BCUT2D eigenvalue weighted by atomic mass is 16.6. The molecule has 1 saturated carbocycles. The van der Waals surface area contributed by atoms with Crippen molar-refractivity contribution in [2.75, 3.05) is 0 Å². The molecule has 1 aromatic heterocycles. The van der Waals surface area contributed by atoms with Gasteiger partial charge in [-0.25, -0.2) is 9.78 Å². The van der Waals surface area contributed by atoms with Gasteiger partial charge in [0.2, 0.25) is 0 Å². The molecule has 0 spiro atoms. The maximum Gasteiger partial charge on any atom is 0.411 e. The van der Waals surface area contributed by atoms with E-state index in [4.69, 9.17) is 4.74 Å². The number of aromatic nitrogens is 2. The Hall–Kier alpha value is -2.30. The van der Waals surface area contributed by atoms with E-state index in [1.807, 2.05) is 31.9 Å². The summed E-state index contributed by atoms with van der Waals surface area (Å²) >= 11 is 0.